The zero-order chi connectivity index (χ0) is 31.9. The van der Waals surface area contributed by atoms with Crippen LogP contribution in [0.4, 0.5) is 0 Å². The standard InChI is InChI=1S/C36H38N2O6S/c1-6-44-36(40)29-23-38(21-26-14-10-11-15-30(26)42-4)35-32(33(29)39)28(34(45-35)25-16-18-27(41-3)19-17-25)22-37(2)31(43-5)20-24-12-8-7-9-13-24/h7-19,23,31H,6,20-22H2,1-5H3. The van der Waals surface area contributed by atoms with Gasteiger partial charge in [-0.25, -0.2) is 4.79 Å². The highest BCUT2D eigenvalue weighted by atomic mass is 32.1. The number of pyridine rings is 1. The molecule has 8 nitrogen and oxygen atoms in total. The average molecular weight is 627 g/mol. The molecule has 0 N–H and O–H groups in total. The molecule has 1 unspecified atom stereocenters. The number of carbonyl (C=O) groups is 1. The van der Waals surface area contributed by atoms with Gasteiger partial charge in [-0.05, 0) is 61.0 Å². The van der Waals surface area contributed by atoms with E-state index < -0.39 is 5.97 Å². The van der Waals surface area contributed by atoms with Gasteiger partial charge in [0.2, 0.25) is 5.43 Å². The Morgan fingerprint density at radius 1 is 0.933 bits per heavy atom. The number of fused-ring (bicyclic) bond motifs is 1. The first-order chi connectivity index (χ1) is 21.9. The van der Waals surface area contributed by atoms with E-state index in [1.807, 2.05) is 78.3 Å². The topological polar surface area (TPSA) is 79.2 Å². The Hall–Kier alpha value is -4.44. The number of hydrogen-bond acceptors (Lipinski definition) is 8. The predicted molar refractivity (Wildman–Crippen MR) is 179 cm³/mol. The number of aromatic nitrogens is 1. The van der Waals surface area contributed by atoms with E-state index in [9.17, 15) is 9.59 Å². The summed E-state index contributed by atoms with van der Waals surface area (Å²) in [6.07, 6.45) is 2.03. The third-order valence-corrected chi connectivity index (χ3v) is 9.13. The summed E-state index contributed by atoms with van der Waals surface area (Å²) < 4.78 is 24.3. The van der Waals surface area contributed by atoms with Gasteiger partial charge in [-0.15, -0.1) is 11.3 Å². The van der Waals surface area contributed by atoms with Crippen molar-refractivity contribution in [1.29, 1.82) is 0 Å². The maximum absolute atomic E-state index is 14.2. The van der Waals surface area contributed by atoms with Crippen LogP contribution in [0, 0.1) is 0 Å². The van der Waals surface area contributed by atoms with E-state index in [0.29, 0.717) is 24.9 Å². The van der Waals surface area contributed by atoms with Gasteiger partial charge in [0.15, 0.2) is 0 Å². The third kappa shape index (κ3) is 6.96. The molecule has 0 saturated carbocycles. The highest BCUT2D eigenvalue weighted by Crippen LogP contribution is 2.40. The van der Waals surface area contributed by atoms with Crippen LogP contribution in [0.2, 0.25) is 0 Å². The summed E-state index contributed by atoms with van der Waals surface area (Å²) in [5.74, 6) is 0.812. The quantitative estimate of drug-likeness (QED) is 0.107. The third-order valence-electron chi connectivity index (χ3n) is 7.81. The molecule has 0 amide bonds. The van der Waals surface area contributed by atoms with Gasteiger partial charge in [0.1, 0.15) is 28.1 Å². The summed E-state index contributed by atoms with van der Waals surface area (Å²) in [4.78, 5) is 31.2. The second-order valence-corrected chi connectivity index (χ2v) is 11.6. The minimum atomic E-state index is -0.645. The van der Waals surface area contributed by atoms with Gasteiger partial charge in [0.05, 0.1) is 32.8 Å². The Labute approximate surface area is 267 Å². The van der Waals surface area contributed by atoms with Crippen LogP contribution in [0.15, 0.2) is 89.9 Å². The molecule has 45 heavy (non-hydrogen) atoms. The molecule has 234 valence electrons. The van der Waals surface area contributed by atoms with E-state index in [-0.39, 0.29) is 23.8 Å². The van der Waals surface area contributed by atoms with Crippen molar-refractivity contribution in [1.82, 2.24) is 9.47 Å². The average Bonchev–Trinajstić information content (AvgIpc) is 3.45. The summed E-state index contributed by atoms with van der Waals surface area (Å²) in [6, 6.07) is 25.7. The first-order valence-corrected chi connectivity index (χ1v) is 15.6. The summed E-state index contributed by atoms with van der Waals surface area (Å²) in [7, 11) is 6.94. The maximum atomic E-state index is 14.2. The molecule has 1 atom stereocenters. The SMILES string of the molecule is CCOC(=O)c1cn(Cc2ccccc2OC)c2sc(-c3ccc(OC)cc3)c(CN(C)C(Cc3ccccc3)OC)c2c1=O. The number of methoxy groups -OCH3 is 3. The summed E-state index contributed by atoms with van der Waals surface area (Å²) >= 11 is 1.52. The number of esters is 1. The van der Waals surface area contributed by atoms with E-state index in [1.165, 1.54) is 11.3 Å². The first-order valence-electron chi connectivity index (χ1n) is 14.8. The van der Waals surface area contributed by atoms with Crippen LogP contribution >= 0.6 is 11.3 Å². The summed E-state index contributed by atoms with van der Waals surface area (Å²) in [5, 5.41) is 0.493. The molecule has 5 aromatic rings. The lowest BCUT2D eigenvalue weighted by Gasteiger charge is -2.27. The van der Waals surface area contributed by atoms with Crippen LogP contribution in [0.25, 0.3) is 20.7 Å². The Kier molecular flexibility index (Phi) is 10.3. The molecule has 2 aromatic heterocycles. The summed E-state index contributed by atoms with van der Waals surface area (Å²) in [6.45, 7) is 2.69. The minimum Gasteiger partial charge on any atom is -0.497 e. The molecule has 0 radical (unpaired) electrons. The van der Waals surface area contributed by atoms with Crippen molar-refractivity contribution < 1.29 is 23.7 Å². The molecule has 5 rings (SSSR count). The van der Waals surface area contributed by atoms with Gasteiger partial charge < -0.3 is 23.5 Å². The number of para-hydroxylation sites is 1. The maximum Gasteiger partial charge on any atom is 0.343 e. The molecule has 0 fully saturated rings. The number of hydrogen-bond donors (Lipinski definition) is 0. The van der Waals surface area contributed by atoms with Gasteiger partial charge in [-0.3, -0.25) is 9.69 Å². The van der Waals surface area contributed by atoms with Gasteiger partial charge >= 0.3 is 5.97 Å². The van der Waals surface area contributed by atoms with Gasteiger partial charge in [0, 0.05) is 36.7 Å². The van der Waals surface area contributed by atoms with Gasteiger partial charge in [0.25, 0.3) is 0 Å². The van der Waals surface area contributed by atoms with Crippen molar-refractivity contribution in [2.24, 2.45) is 0 Å². The van der Waals surface area contributed by atoms with Crippen molar-refractivity contribution in [2.45, 2.75) is 32.7 Å². The van der Waals surface area contributed by atoms with E-state index >= 15 is 0 Å². The second kappa shape index (κ2) is 14.6. The number of benzene rings is 3. The normalized spacial score (nSPS) is 12.0. The van der Waals surface area contributed by atoms with E-state index in [1.54, 1.807) is 34.4 Å². The predicted octanol–water partition coefficient (Wildman–Crippen LogP) is 6.62. The Morgan fingerprint density at radius 2 is 1.64 bits per heavy atom. The second-order valence-electron chi connectivity index (χ2n) is 10.6. The molecular weight excluding hydrogens is 588 g/mol. The summed E-state index contributed by atoms with van der Waals surface area (Å²) in [5.41, 5.74) is 3.47. The smallest absolute Gasteiger partial charge is 0.343 e. The highest BCUT2D eigenvalue weighted by molar-refractivity contribution is 7.22. The zero-order valence-electron chi connectivity index (χ0n) is 26.2. The van der Waals surface area contributed by atoms with Crippen molar-refractivity contribution in [3.8, 4) is 21.9 Å². The van der Waals surface area contributed by atoms with Gasteiger partial charge in [-0.1, -0.05) is 48.5 Å². The molecule has 3 aromatic carbocycles. The number of thiophene rings is 1. The largest absolute Gasteiger partial charge is 0.497 e. The van der Waals surface area contributed by atoms with Crippen LogP contribution in [0.3, 0.4) is 0 Å². The Bertz CT molecular complexity index is 1810. The molecule has 0 bridgehead atoms. The number of nitrogens with zero attached hydrogens (tertiary/aromatic N) is 2. The van der Waals surface area contributed by atoms with Crippen molar-refractivity contribution in [2.75, 3.05) is 35.0 Å². The number of carbonyl (C=O) groups excluding carboxylic acids is 1. The number of likely N-dealkylation sites (N-methyl/N-ethyl adjacent to an activating group) is 1. The molecular formula is C36H38N2O6S. The molecule has 2 heterocycles. The van der Waals surface area contributed by atoms with E-state index in [4.69, 9.17) is 18.9 Å². The Balaban J connectivity index is 1.71. The fraction of sp³-hybridized carbons (Fsp3) is 0.278. The van der Waals surface area contributed by atoms with E-state index in [0.717, 1.165) is 43.5 Å². The molecule has 0 aliphatic carbocycles. The lowest BCUT2D eigenvalue weighted by Crippen LogP contribution is -2.35. The molecule has 0 saturated heterocycles. The molecule has 0 aliphatic heterocycles. The highest BCUT2D eigenvalue weighted by Gasteiger charge is 2.26. The van der Waals surface area contributed by atoms with Crippen LogP contribution in [-0.4, -0.2) is 56.6 Å². The van der Waals surface area contributed by atoms with Crippen molar-refractivity contribution in [3.05, 3.63) is 118 Å². The number of ether oxygens (including phenoxy) is 4. The van der Waals surface area contributed by atoms with Crippen LogP contribution < -0.4 is 14.9 Å². The van der Waals surface area contributed by atoms with Crippen molar-refractivity contribution >= 4 is 27.5 Å². The number of rotatable bonds is 13. The lowest BCUT2D eigenvalue weighted by molar-refractivity contribution is -0.0211. The van der Waals surface area contributed by atoms with Crippen LogP contribution in [0.1, 0.15) is 34.0 Å². The fourth-order valence-corrected chi connectivity index (χ4v) is 6.79. The first kappa shape index (κ1) is 32.0. The van der Waals surface area contributed by atoms with E-state index in [2.05, 4.69) is 17.0 Å². The monoisotopic (exact) mass is 626 g/mol. The lowest BCUT2D eigenvalue weighted by atomic mass is 10.0. The van der Waals surface area contributed by atoms with Gasteiger partial charge in [-0.2, -0.15) is 0 Å². The molecule has 0 aliphatic rings. The molecule has 9 heteroatoms. The van der Waals surface area contributed by atoms with Crippen LogP contribution in [0.5, 0.6) is 11.5 Å². The fourth-order valence-electron chi connectivity index (χ4n) is 5.50. The van der Waals surface area contributed by atoms with Crippen molar-refractivity contribution in [3.63, 3.8) is 0 Å². The zero-order valence-corrected chi connectivity index (χ0v) is 27.1. The van der Waals surface area contributed by atoms with Crippen LogP contribution in [-0.2, 0) is 29.0 Å². The minimum absolute atomic E-state index is 0.00481. The molecule has 0 spiro atoms. The Morgan fingerprint density at radius 3 is 2.31 bits per heavy atom.